The second kappa shape index (κ2) is 7.17. The molecule has 2 aromatic rings. The summed E-state index contributed by atoms with van der Waals surface area (Å²) in [5.41, 5.74) is 3.67. The maximum Gasteiger partial charge on any atom is 0.319 e. The molecule has 1 aromatic heterocycles. The van der Waals surface area contributed by atoms with Crippen molar-refractivity contribution >= 4 is 11.7 Å². The van der Waals surface area contributed by atoms with Crippen LogP contribution in [0, 0.1) is 6.92 Å². The van der Waals surface area contributed by atoms with Crippen molar-refractivity contribution < 1.29 is 9.53 Å². The number of urea groups is 1. The maximum atomic E-state index is 12.3. The predicted octanol–water partition coefficient (Wildman–Crippen LogP) is 3.18. The van der Waals surface area contributed by atoms with Crippen LogP contribution in [0.4, 0.5) is 10.5 Å². The van der Waals surface area contributed by atoms with E-state index in [1.165, 1.54) is 0 Å². The molecule has 0 saturated heterocycles. The Morgan fingerprint density at radius 1 is 1.43 bits per heavy atom. The van der Waals surface area contributed by atoms with Crippen LogP contribution in [0.1, 0.15) is 36.7 Å². The van der Waals surface area contributed by atoms with Crippen molar-refractivity contribution in [3.8, 4) is 5.75 Å². The molecule has 0 aliphatic heterocycles. The molecular weight excluding hydrogens is 292 g/mol. The molecule has 6 nitrogen and oxygen atoms in total. The summed E-state index contributed by atoms with van der Waals surface area (Å²) in [4.78, 5) is 12.3. The van der Waals surface area contributed by atoms with E-state index in [1.54, 1.807) is 18.0 Å². The first-order valence-corrected chi connectivity index (χ1v) is 7.69. The fraction of sp³-hybridized carbons (Fsp3) is 0.412. The molecule has 6 heteroatoms. The summed E-state index contributed by atoms with van der Waals surface area (Å²) in [5.74, 6) is 0.763. The van der Waals surface area contributed by atoms with Crippen molar-refractivity contribution in [2.45, 2.75) is 33.2 Å². The summed E-state index contributed by atoms with van der Waals surface area (Å²) in [5, 5.41) is 10.1. The third-order valence-electron chi connectivity index (χ3n) is 3.69. The highest BCUT2D eigenvalue weighted by molar-refractivity contribution is 5.90. The van der Waals surface area contributed by atoms with Gasteiger partial charge in [-0.05, 0) is 26.3 Å². The Kier molecular flexibility index (Phi) is 5.26. The van der Waals surface area contributed by atoms with Crippen molar-refractivity contribution in [2.24, 2.45) is 7.05 Å². The number of carbonyl (C=O) groups excluding carboxylic acids is 1. The van der Waals surface area contributed by atoms with Gasteiger partial charge in [-0.2, -0.15) is 5.10 Å². The molecule has 0 unspecified atom stereocenters. The number of nitrogens with one attached hydrogen (secondary N) is 2. The van der Waals surface area contributed by atoms with Crippen LogP contribution < -0.4 is 15.4 Å². The number of anilines is 1. The highest BCUT2D eigenvalue weighted by Gasteiger charge is 2.16. The van der Waals surface area contributed by atoms with Crippen LogP contribution >= 0.6 is 0 Å². The Morgan fingerprint density at radius 3 is 2.83 bits per heavy atom. The second-order valence-electron chi connectivity index (χ2n) is 5.58. The Morgan fingerprint density at radius 2 is 2.17 bits per heavy atom. The van der Waals surface area contributed by atoms with Crippen molar-refractivity contribution in [3.63, 3.8) is 0 Å². The van der Waals surface area contributed by atoms with Crippen LogP contribution in [0.3, 0.4) is 0 Å². The number of ether oxygens (including phenoxy) is 1. The summed E-state index contributed by atoms with van der Waals surface area (Å²) in [6, 6.07) is 5.48. The van der Waals surface area contributed by atoms with E-state index >= 15 is 0 Å². The first-order valence-electron chi connectivity index (χ1n) is 7.69. The Hall–Kier alpha value is -2.50. The second-order valence-corrected chi connectivity index (χ2v) is 5.58. The van der Waals surface area contributed by atoms with Gasteiger partial charge in [-0.1, -0.05) is 24.6 Å². The molecule has 0 radical (unpaired) electrons. The molecule has 0 bridgehead atoms. The van der Waals surface area contributed by atoms with E-state index in [0.717, 1.165) is 34.7 Å². The quantitative estimate of drug-likeness (QED) is 0.890. The Labute approximate surface area is 136 Å². The molecule has 2 amide bonds. The first-order chi connectivity index (χ1) is 10.9. The number of benzene rings is 1. The fourth-order valence-corrected chi connectivity index (χ4v) is 2.53. The highest BCUT2D eigenvalue weighted by atomic mass is 16.5. The van der Waals surface area contributed by atoms with Crippen molar-refractivity contribution in [1.82, 2.24) is 15.1 Å². The highest BCUT2D eigenvalue weighted by Crippen LogP contribution is 2.26. The molecule has 1 aromatic carbocycles. The van der Waals surface area contributed by atoms with E-state index in [2.05, 4.69) is 15.7 Å². The topological polar surface area (TPSA) is 68.2 Å². The summed E-state index contributed by atoms with van der Waals surface area (Å²) < 4.78 is 7.07. The average Bonchev–Trinajstić information content (AvgIpc) is 2.86. The van der Waals surface area contributed by atoms with Gasteiger partial charge in [-0.25, -0.2) is 4.79 Å². The summed E-state index contributed by atoms with van der Waals surface area (Å²) in [7, 11) is 3.46. The molecule has 0 fully saturated rings. The van der Waals surface area contributed by atoms with Crippen LogP contribution in [0.25, 0.3) is 0 Å². The lowest BCUT2D eigenvalue weighted by Gasteiger charge is -2.18. The largest absolute Gasteiger partial charge is 0.496 e. The first kappa shape index (κ1) is 16.9. The van der Waals surface area contributed by atoms with Crippen LogP contribution in [0.15, 0.2) is 24.4 Å². The van der Waals surface area contributed by atoms with Crippen LogP contribution in [-0.4, -0.2) is 22.9 Å². The van der Waals surface area contributed by atoms with Gasteiger partial charge in [0.1, 0.15) is 5.75 Å². The SMILES string of the molecule is CCc1nn(C)cc1NC(=O)N[C@@H](C)c1cc(C)ccc1OC. The zero-order chi connectivity index (χ0) is 17.0. The minimum Gasteiger partial charge on any atom is -0.496 e. The van der Waals surface area contributed by atoms with E-state index in [1.807, 2.05) is 46.0 Å². The Bertz CT molecular complexity index is 694. The van der Waals surface area contributed by atoms with E-state index in [-0.39, 0.29) is 12.1 Å². The number of aromatic nitrogens is 2. The van der Waals surface area contributed by atoms with Gasteiger partial charge in [0, 0.05) is 18.8 Å². The van der Waals surface area contributed by atoms with Crippen molar-refractivity contribution in [3.05, 3.63) is 41.2 Å². The van der Waals surface area contributed by atoms with Crippen LogP contribution in [0.5, 0.6) is 5.75 Å². The van der Waals surface area contributed by atoms with Gasteiger partial charge in [0.15, 0.2) is 0 Å². The molecule has 0 saturated carbocycles. The zero-order valence-electron chi connectivity index (χ0n) is 14.3. The van der Waals surface area contributed by atoms with Gasteiger partial charge in [0.25, 0.3) is 0 Å². The van der Waals surface area contributed by atoms with Gasteiger partial charge in [-0.3, -0.25) is 4.68 Å². The summed E-state index contributed by atoms with van der Waals surface area (Å²) in [6.07, 6.45) is 2.56. The smallest absolute Gasteiger partial charge is 0.319 e. The standard InChI is InChI=1S/C17H24N4O2/c1-6-14-15(10-21(4)20-14)19-17(22)18-12(3)13-9-11(2)7-8-16(13)23-5/h7-10,12H,6H2,1-5H3,(H2,18,19,22)/t12-/m0/s1. The number of rotatable bonds is 5. The molecule has 23 heavy (non-hydrogen) atoms. The number of hydrogen-bond acceptors (Lipinski definition) is 3. The lowest BCUT2D eigenvalue weighted by atomic mass is 10.0. The number of aryl methyl sites for hydroxylation is 3. The Balaban J connectivity index is 2.09. The van der Waals surface area contributed by atoms with Gasteiger partial charge in [0.2, 0.25) is 0 Å². The maximum absolute atomic E-state index is 12.3. The fourth-order valence-electron chi connectivity index (χ4n) is 2.53. The predicted molar refractivity (Wildman–Crippen MR) is 90.9 cm³/mol. The zero-order valence-corrected chi connectivity index (χ0v) is 14.3. The van der Waals surface area contributed by atoms with Gasteiger partial charge in [0.05, 0.1) is 24.5 Å². The molecule has 124 valence electrons. The lowest BCUT2D eigenvalue weighted by Crippen LogP contribution is -2.31. The molecular formula is C17H24N4O2. The van der Waals surface area contributed by atoms with E-state index in [0.29, 0.717) is 0 Å². The number of carbonyl (C=O) groups is 1. The molecule has 1 heterocycles. The van der Waals surface area contributed by atoms with Crippen LogP contribution in [-0.2, 0) is 13.5 Å². The molecule has 1 atom stereocenters. The van der Waals surface area contributed by atoms with Gasteiger partial charge >= 0.3 is 6.03 Å². The summed E-state index contributed by atoms with van der Waals surface area (Å²) >= 11 is 0. The normalized spacial score (nSPS) is 11.9. The molecule has 0 aliphatic carbocycles. The average molecular weight is 316 g/mol. The monoisotopic (exact) mass is 316 g/mol. The third kappa shape index (κ3) is 4.03. The van der Waals surface area contributed by atoms with Gasteiger partial charge in [-0.15, -0.1) is 0 Å². The summed E-state index contributed by atoms with van der Waals surface area (Å²) in [6.45, 7) is 5.95. The number of nitrogens with zero attached hydrogens (tertiary/aromatic N) is 2. The number of amides is 2. The molecule has 0 spiro atoms. The van der Waals surface area contributed by atoms with Crippen molar-refractivity contribution in [2.75, 3.05) is 12.4 Å². The number of hydrogen-bond donors (Lipinski definition) is 2. The third-order valence-corrected chi connectivity index (χ3v) is 3.69. The number of methoxy groups -OCH3 is 1. The van der Waals surface area contributed by atoms with E-state index < -0.39 is 0 Å². The van der Waals surface area contributed by atoms with Crippen molar-refractivity contribution in [1.29, 1.82) is 0 Å². The van der Waals surface area contributed by atoms with Gasteiger partial charge < -0.3 is 15.4 Å². The van der Waals surface area contributed by atoms with E-state index in [9.17, 15) is 4.79 Å². The lowest BCUT2D eigenvalue weighted by molar-refractivity contribution is 0.249. The minimum absolute atomic E-state index is 0.174. The molecule has 2 N–H and O–H groups in total. The van der Waals surface area contributed by atoms with E-state index in [4.69, 9.17) is 4.74 Å². The van der Waals surface area contributed by atoms with Crippen LogP contribution in [0.2, 0.25) is 0 Å². The minimum atomic E-state index is -0.260. The molecule has 2 rings (SSSR count). The molecule has 0 aliphatic rings.